The summed E-state index contributed by atoms with van der Waals surface area (Å²) in [5, 5.41) is 6.34. The molecule has 0 fully saturated rings. The molecule has 118 valence electrons. The number of hydrogen-bond donors (Lipinski definition) is 3. The molecule has 0 heterocycles. The molecule has 0 bridgehead atoms. The number of carbonyl (C=O) groups excluding carboxylic acids is 3. The first kappa shape index (κ1) is 17.3. The van der Waals surface area contributed by atoms with Gasteiger partial charge in [0, 0.05) is 12.8 Å². The van der Waals surface area contributed by atoms with E-state index in [9.17, 15) is 14.4 Å². The molecule has 0 aliphatic rings. The average molecular weight is 306 g/mol. The molecule has 0 saturated carbocycles. The molecule has 0 aliphatic heterocycles. The smallest absolute Gasteiger partial charge is 0.266 e. The average Bonchev–Trinajstić information content (AvgIpc) is 2.45. The Morgan fingerprint density at radius 2 is 1.91 bits per heavy atom. The number of nitrogens with two attached hydrogens (primary N) is 1. The highest BCUT2D eigenvalue weighted by Gasteiger charge is 2.11. The topological polar surface area (TPSA) is 123 Å². The molecule has 1 aromatic rings. The summed E-state index contributed by atoms with van der Waals surface area (Å²) in [6, 6.07) is 6.41. The number of nitrogens with zero attached hydrogens (tertiary/aromatic N) is 1. The van der Waals surface area contributed by atoms with Crippen molar-refractivity contribution in [3.05, 3.63) is 29.8 Å². The van der Waals surface area contributed by atoms with E-state index in [0.717, 1.165) is 0 Å². The van der Waals surface area contributed by atoms with Crippen molar-refractivity contribution in [2.24, 2.45) is 10.8 Å². The number of para-hydroxylation sites is 1. The maximum absolute atomic E-state index is 11.9. The lowest BCUT2D eigenvalue weighted by atomic mass is 10.1. The van der Waals surface area contributed by atoms with Gasteiger partial charge in [0.15, 0.2) is 0 Å². The SMILES string of the molecule is COCC(=O)NN=C(C)CC(=O)Nc1ccccc1C(N)=O. The second-order valence-electron chi connectivity index (χ2n) is 4.45. The normalized spacial score (nSPS) is 10.9. The number of hydrazone groups is 1. The van der Waals surface area contributed by atoms with Gasteiger partial charge in [0.25, 0.3) is 11.8 Å². The van der Waals surface area contributed by atoms with Crippen molar-refractivity contribution < 1.29 is 19.1 Å². The zero-order chi connectivity index (χ0) is 16.5. The van der Waals surface area contributed by atoms with Gasteiger partial charge >= 0.3 is 0 Å². The molecule has 8 heteroatoms. The van der Waals surface area contributed by atoms with Crippen LogP contribution in [0.15, 0.2) is 29.4 Å². The second kappa shape index (κ2) is 8.53. The van der Waals surface area contributed by atoms with Crippen LogP contribution in [0.25, 0.3) is 0 Å². The van der Waals surface area contributed by atoms with Crippen molar-refractivity contribution in [1.82, 2.24) is 5.43 Å². The molecule has 0 atom stereocenters. The van der Waals surface area contributed by atoms with Gasteiger partial charge in [-0.05, 0) is 19.1 Å². The number of rotatable bonds is 7. The number of primary amides is 1. The predicted octanol–water partition coefficient (Wildman–Crippen LogP) is 0.253. The van der Waals surface area contributed by atoms with Crippen molar-refractivity contribution >= 4 is 29.1 Å². The van der Waals surface area contributed by atoms with Gasteiger partial charge in [0.2, 0.25) is 5.91 Å². The number of nitrogens with one attached hydrogen (secondary N) is 2. The third kappa shape index (κ3) is 5.71. The molecule has 1 aromatic carbocycles. The Balaban J connectivity index is 2.61. The van der Waals surface area contributed by atoms with E-state index < -0.39 is 11.8 Å². The Bertz CT molecular complexity index is 598. The Morgan fingerprint density at radius 3 is 2.55 bits per heavy atom. The fraction of sp³-hybridized carbons (Fsp3) is 0.286. The predicted molar refractivity (Wildman–Crippen MR) is 81.3 cm³/mol. The summed E-state index contributed by atoms with van der Waals surface area (Å²) in [6.45, 7) is 1.47. The van der Waals surface area contributed by atoms with E-state index in [1.807, 2.05) is 0 Å². The third-order valence-electron chi connectivity index (χ3n) is 2.53. The summed E-state index contributed by atoms with van der Waals surface area (Å²) < 4.78 is 4.63. The van der Waals surface area contributed by atoms with Crippen LogP contribution in [0, 0.1) is 0 Å². The zero-order valence-electron chi connectivity index (χ0n) is 12.4. The van der Waals surface area contributed by atoms with E-state index in [-0.39, 0.29) is 24.5 Å². The summed E-state index contributed by atoms with van der Waals surface area (Å²) in [6.07, 6.45) is -0.0413. The van der Waals surface area contributed by atoms with Crippen LogP contribution in [-0.2, 0) is 14.3 Å². The van der Waals surface area contributed by atoms with Gasteiger partial charge in [-0.1, -0.05) is 12.1 Å². The number of ether oxygens (including phenoxy) is 1. The summed E-state index contributed by atoms with van der Waals surface area (Å²) in [5.41, 5.74) is 8.43. The summed E-state index contributed by atoms with van der Waals surface area (Å²) >= 11 is 0. The minimum absolute atomic E-state index is 0.0413. The van der Waals surface area contributed by atoms with E-state index in [0.29, 0.717) is 11.4 Å². The fourth-order valence-corrected chi connectivity index (χ4v) is 1.59. The van der Waals surface area contributed by atoms with Crippen molar-refractivity contribution in [2.75, 3.05) is 19.0 Å². The van der Waals surface area contributed by atoms with E-state index in [4.69, 9.17) is 5.73 Å². The molecule has 3 amide bonds. The second-order valence-corrected chi connectivity index (χ2v) is 4.45. The minimum atomic E-state index is -0.631. The van der Waals surface area contributed by atoms with Crippen LogP contribution in [0.2, 0.25) is 0 Å². The first-order valence-electron chi connectivity index (χ1n) is 6.43. The molecule has 1 rings (SSSR count). The molecule has 4 N–H and O–H groups in total. The monoisotopic (exact) mass is 306 g/mol. The van der Waals surface area contributed by atoms with Crippen LogP contribution < -0.4 is 16.5 Å². The van der Waals surface area contributed by atoms with Crippen LogP contribution in [0.4, 0.5) is 5.69 Å². The molecule has 0 saturated heterocycles. The van der Waals surface area contributed by atoms with Gasteiger partial charge in [-0.25, -0.2) is 5.43 Å². The number of benzene rings is 1. The van der Waals surface area contributed by atoms with Crippen molar-refractivity contribution in [3.8, 4) is 0 Å². The number of hydrogen-bond acceptors (Lipinski definition) is 5. The Morgan fingerprint density at radius 1 is 1.23 bits per heavy atom. The van der Waals surface area contributed by atoms with E-state index >= 15 is 0 Å². The number of anilines is 1. The minimum Gasteiger partial charge on any atom is -0.375 e. The lowest BCUT2D eigenvalue weighted by Crippen LogP contribution is -2.25. The van der Waals surface area contributed by atoms with Gasteiger partial charge in [0.1, 0.15) is 6.61 Å². The number of carbonyl (C=O) groups is 3. The summed E-state index contributed by atoms with van der Waals surface area (Å²) in [7, 11) is 1.39. The summed E-state index contributed by atoms with van der Waals surface area (Å²) in [5.74, 6) is -1.43. The summed E-state index contributed by atoms with van der Waals surface area (Å²) in [4.78, 5) is 34.3. The maximum atomic E-state index is 11.9. The molecular formula is C14H18N4O4. The van der Waals surface area contributed by atoms with Gasteiger partial charge in [-0.3, -0.25) is 14.4 Å². The van der Waals surface area contributed by atoms with E-state index in [1.54, 1.807) is 25.1 Å². The van der Waals surface area contributed by atoms with Crippen LogP contribution in [0.3, 0.4) is 0 Å². The number of amides is 3. The standard InChI is InChI=1S/C14H18N4O4/c1-9(17-18-13(20)8-22-2)7-12(19)16-11-6-4-3-5-10(11)14(15)21/h3-6H,7-8H2,1-2H3,(H2,15,21)(H,16,19)(H,18,20). The van der Waals surface area contributed by atoms with Gasteiger partial charge in [0.05, 0.1) is 17.7 Å². The van der Waals surface area contributed by atoms with Crippen molar-refractivity contribution in [1.29, 1.82) is 0 Å². The van der Waals surface area contributed by atoms with Gasteiger partial charge in [-0.15, -0.1) is 0 Å². The van der Waals surface area contributed by atoms with Crippen molar-refractivity contribution in [3.63, 3.8) is 0 Å². The molecule has 8 nitrogen and oxygen atoms in total. The van der Waals surface area contributed by atoms with Crippen molar-refractivity contribution in [2.45, 2.75) is 13.3 Å². The molecule has 0 aliphatic carbocycles. The van der Waals surface area contributed by atoms with Gasteiger partial charge in [-0.2, -0.15) is 5.10 Å². The maximum Gasteiger partial charge on any atom is 0.266 e. The molecule has 0 aromatic heterocycles. The third-order valence-corrected chi connectivity index (χ3v) is 2.53. The van der Waals surface area contributed by atoms with Gasteiger partial charge < -0.3 is 15.8 Å². The highest BCUT2D eigenvalue weighted by molar-refractivity contribution is 6.08. The Kier molecular flexibility index (Phi) is 6.71. The molecule has 0 unspecified atom stereocenters. The first-order valence-corrected chi connectivity index (χ1v) is 6.43. The lowest BCUT2D eigenvalue weighted by Gasteiger charge is -2.08. The lowest BCUT2D eigenvalue weighted by molar-refractivity contribution is -0.124. The highest BCUT2D eigenvalue weighted by Crippen LogP contribution is 2.14. The van der Waals surface area contributed by atoms with Crippen LogP contribution in [0.5, 0.6) is 0 Å². The molecule has 22 heavy (non-hydrogen) atoms. The number of methoxy groups -OCH3 is 1. The van der Waals surface area contributed by atoms with Crippen LogP contribution in [0.1, 0.15) is 23.7 Å². The highest BCUT2D eigenvalue weighted by atomic mass is 16.5. The molecule has 0 spiro atoms. The van der Waals surface area contributed by atoms with E-state index in [2.05, 4.69) is 20.6 Å². The Hall–Kier alpha value is -2.74. The first-order chi connectivity index (χ1) is 10.4. The Labute approximate surface area is 127 Å². The molecular weight excluding hydrogens is 288 g/mol. The van der Waals surface area contributed by atoms with Crippen LogP contribution >= 0.6 is 0 Å². The molecule has 0 radical (unpaired) electrons. The fourth-order valence-electron chi connectivity index (χ4n) is 1.59. The zero-order valence-corrected chi connectivity index (χ0v) is 12.4. The quantitative estimate of drug-likeness (QED) is 0.493. The van der Waals surface area contributed by atoms with Crippen LogP contribution in [-0.4, -0.2) is 37.1 Å². The van der Waals surface area contributed by atoms with E-state index in [1.165, 1.54) is 13.2 Å². The largest absolute Gasteiger partial charge is 0.375 e.